The minimum absolute atomic E-state index is 0.0195. The Bertz CT molecular complexity index is 1030. The Balaban J connectivity index is 2.09. The fourth-order valence-electron chi connectivity index (χ4n) is 3.14. The summed E-state index contributed by atoms with van der Waals surface area (Å²) in [6.07, 6.45) is 0.00198. The number of hydrogen-bond acceptors (Lipinski definition) is 8. The highest BCUT2D eigenvalue weighted by atomic mass is 32.1. The first kappa shape index (κ1) is 27.5. The number of nitrogens with two attached hydrogens (primary N) is 1. The number of carbonyl (C=O) groups is 4. The van der Waals surface area contributed by atoms with E-state index in [4.69, 9.17) is 5.73 Å². The summed E-state index contributed by atoms with van der Waals surface area (Å²) in [6, 6.07) is 8.30. The molecular weight excluding hydrogens is 476 g/mol. The number of phenols is 2. The number of benzene rings is 2. The van der Waals surface area contributed by atoms with Gasteiger partial charge in [0.25, 0.3) is 0 Å². The number of carboxylic acid groups (broad SMARTS) is 1. The first-order valence-electron chi connectivity index (χ1n) is 10.6. The van der Waals surface area contributed by atoms with E-state index in [0.717, 1.165) is 0 Å². The molecule has 8 N–H and O–H groups in total. The van der Waals surface area contributed by atoms with Gasteiger partial charge in [0, 0.05) is 18.6 Å². The van der Waals surface area contributed by atoms with Gasteiger partial charge < -0.3 is 37.0 Å². The third-order valence-electron chi connectivity index (χ3n) is 5.02. The van der Waals surface area contributed by atoms with Crippen LogP contribution in [0.15, 0.2) is 48.5 Å². The average Bonchev–Trinajstić information content (AvgIpc) is 2.83. The molecule has 2 rings (SSSR count). The summed E-state index contributed by atoms with van der Waals surface area (Å²) < 4.78 is 0. The number of nitrogens with one attached hydrogen (secondary N) is 3. The molecule has 0 fully saturated rings. The number of amides is 3. The quantitative estimate of drug-likeness (QED) is 0.174. The molecule has 12 heteroatoms. The largest absolute Gasteiger partial charge is 0.508 e. The number of thiol groups is 1. The van der Waals surface area contributed by atoms with E-state index in [1.165, 1.54) is 36.4 Å². The molecule has 3 amide bonds. The molecule has 0 radical (unpaired) electrons. The third-order valence-corrected chi connectivity index (χ3v) is 5.38. The molecule has 2 aromatic rings. The van der Waals surface area contributed by atoms with E-state index in [9.17, 15) is 34.5 Å². The lowest BCUT2D eigenvalue weighted by molar-refractivity contribution is -0.142. The molecule has 0 aliphatic heterocycles. The van der Waals surface area contributed by atoms with Gasteiger partial charge in [0.05, 0.1) is 6.54 Å². The van der Waals surface area contributed by atoms with Crippen LogP contribution in [0.25, 0.3) is 0 Å². The molecule has 0 spiro atoms. The lowest BCUT2D eigenvalue weighted by Gasteiger charge is -2.24. The Morgan fingerprint density at radius 3 is 1.60 bits per heavy atom. The van der Waals surface area contributed by atoms with Gasteiger partial charge >= 0.3 is 5.97 Å². The highest BCUT2D eigenvalue weighted by Crippen LogP contribution is 2.13. The second-order valence-corrected chi connectivity index (χ2v) is 8.07. The summed E-state index contributed by atoms with van der Waals surface area (Å²) in [4.78, 5) is 49.2. The van der Waals surface area contributed by atoms with Gasteiger partial charge in [-0.3, -0.25) is 14.4 Å². The molecule has 188 valence electrons. The van der Waals surface area contributed by atoms with Gasteiger partial charge in [-0.1, -0.05) is 24.3 Å². The van der Waals surface area contributed by atoms with Gasteiger partial charge in [-0.15, -0.1) is 0 Å². The van der Waals surface area contributed by atoms with Gasteiger partial charge in [0.15, 0.2) is 0 Å². The van der Waals surface area contributed by atoms with Crippen molar-refractivity contribution in [1.29, 1.82) is 0 Å². The van der Waals surface area contributed by atoms with E-state index >= 15 is 0 Å². The van der Waals surface area contributed by atoms with Gasteiger partial charge in [-0.05, 0) is 35.4 Å². The minimum Gasteiger partial charge on any atom is -0.508 e. The predicted octanol–water partition coefficient (Wildman–Crippen LogP) is -0.689. The van der Waals surface area contributed by atoms with Crippen LogP contribution in [0.3, 0.4) is 0 Å². The topological polar surface area (TPSA) is 191 Å². The van der Waals surface area contributed by atoms with Crippen LogP contribution in [0.5, 0.6) is 11.5 Å². The second-order valence-electron chi connectivity index (χ2n) is 7.71. The Kier molecular flexibility index (Phi) is 10.4. The zero-order chi connectivity index (χ0) is 26.0. The second kappa shape index (κ2) is 13.2. The predicted molar refractivity (Wildman–Crippen MR) is 130 cm³/mol. The molecule has 0 saturated heterocycles. The molecule has 0 aliphatic carbocycles. The zero-order valence-electron chi connectivity index (χ0n) is 18.7. The molecule has 0 aliphatic rings. The summed E-state index contributed by atoms with van der Waals surface area (Å²) >= 11 is 4.10. The summed E-state index contributed by atoms with van der Waals surface area (Å²) in [5.74, 6) is -3.42. The summed E-state index contributed by atoms with van der Waals surface area (Å²) in [7, 11) is 0. The fourth-order valence-corrected chi connectivity index (χ4v) is 3.39. The monoisotopic (exact) mass is 504 g/mol. The maximum atomic E-state index is 12.9. The molecule has 11 nitrogen and oxygen atoms in total. The van der Waals surface area contributed by atoms with Crippen molar-refractivity contribution < 1.29 is 34.5 Å². The highest BCUT2D eigenvalue weighted by Gasteiger charge is 2.29. The molecule has 0 heterocycles. The standard InChI is InChI=1S/C23H28N4O7S/c24-11-20(30)25-17(9-13-1-5-15(28)6-2-13)21(31)27-19(12-35)22(32)26-18(23(33)34)10-14-3-7-16(29)8-4-14/h1-8,17-19,28-29,35H,9-12,24H2,(H,25,30)(H,26,32)(H,27,31)(H,33,34). The average molecular weight is 505 g/mol. The Labute approximate surface area is 207 Å². The molecule has 2 aromatic carbocycles. The highest BCUT2D eigenvalue weighted by molar-refractivity contribution is 7.80. The lowest BCUT2D eigenvalue weighted by Crippen LogP contribution is -2.57. The van der Waals surface area contributed by atoms with Crippen LogP contribution >= 0.6 is 12.6 Å². The Morgan fingerprint density at radius 2 is 1.17 bits per heavy atom. The van der Waals surface area contributed by atoms with E-state index < -0.39 is 41.8 Å². The van der Waals surface area contributed by atoms with Crippen LogP contribution in [0.4, 0.5) is 0 Å². The molecular formula is C23H28N4O7S. The fraction of sp³-hybridized carbons (Fsp3) is 0.304. The van der Waals surface area contributed by atoms with Crippen molar-refractivity contribution >= 4 is 36.3 Å². The number of carboxylic acids is 1. The molecule has 0 bridgehead atoms. The van der Waals surface area contributed by atoms with Crippen molar-refractivity contribution in [2.45, 2.75) is 31.0 Å². The Morgan fingerprint density at radius 1 is 0.743 bits per heavy atom. The van der Waals surface area contributed by atoms with E-state index in [2.05, 4.69) is 28.6 Å². The van der Waals surface area contributed by atoms with E-state index in [1.54, 1.807) is 12.1 Å². The molecule has 0 saturated carbocycles. The van der Waals surface area contributed by atoms with Crippen molar-refractivity contribution in [2.24, 2.45) is 5.73 Å². The summed E-state index contributed by atoms with van der Waals surface area (Å²) in [5.41, 5.74) is 6.54. The smallest absolute Gasteiger partial charge is 0.326 e. The van der Waals surface area contributed by atoms with Gasteiger partial charge in [0.2, 0.25) is 17.7 Å². The lowest BCUT2D eigenvalue weighted by atomic mass is 10.0. The number of hydrogen-bond donors (Lipinski definition) is 8. The zero-order valence-corrected chi connectivity index (χ0v) is 19.6. The first-order chi connectivity index (χ1) is 16.6. The Hall–Kier alpha value is -3.77. The third kappa shape index (κ3) is 8.83. The molecule has 3 atom stereocenters. The molecule has 0 aromatic heterocycles. The van der Waals surface area contributed by atoms with Crippen molar-refractivity contribution in [3.05, 3.63) is 59.7 Å². The van der Waals surface area contributed by atoms with Crippen molar-refractivity contribution in [1.82, 2.24) is 16.0 Å². The van der Waals surface area contributed by atoms with E-state index in [0.29, 0.717) is 11.1 Å². The van der Waals surface area contributed by atoms with Crippen molar-refractivity contribution in [2.75, 3.05) is 12.3 Å². The van der Waals surface area contributed by atoms with Crippen LogP contribution in [0.2, 0.25) is 0 Å². The van der Waals surface area contributed by atoms with Crippen molar-refractivity contribution in [3.8, 4) is 11.5 Å². The van der Waals surface area contributed by atoms with E-state index in [1.807, 2.05) is 0 Å². The number of phenolic OH excluding ortho intramolecular Hbond substituents is 2. The van der Waals surface area contributed by atoms with Crippen LogP contribution in [0.1, 0.15) is 11.1 Å². The maximum Gasteiger partial charge on any atom is 0.326 e. The summed E-state index contributed by atoms with van der Waals surface area (Å²) in [6.45, 7) is -0.354. The van der Waals surface area contributed by atoms with Crippen LogP contribution in [-0.4, -0.2) is 69.4 Å². The molecule has 35 heavy (non-hydrogen) atoms. The number of aromatic hydroxyl groups is 2. The minimum atomic E-state index is -1.30. The van der Waals surface area contributed by atoms with Crippen molar-refractivity contribution in [3.63, 3.8) is 0 Å². The maximum absolute atomic E-state index is 12.9. The SMILES string of the molecule is NCC(=O)NC(Cc1ccc(O)cc1)C(=O)NC(CS)C(=O)NC(Cc1ccc(O)cc1)C(=O)O. The molecule has 3 unspecified atom stereocenters. The van der Waals surface area contributed by atoms with Crippen LogP contribution in [-0.2, 0) is 32.0 Å². The summed E-state index contributed by atoms with van der Waals surface area (Å²) in [5, 5.41) is 35.7. The number of carbonyl (C=O) groups excluding carboxylic acids is 3. The number of rotatable bonds is 12. The number of aliphatic carboxylic acids is 1. The normalized spacial score (nSPS) is 13.2. The van der Waals surface area contributed by atoms with Gasteiger partial charge in [-0.25, -0.2) is 4.79 Å². The van der Waals surface area contributed by atoms with Crippen LogP contribution < -0.4 is 21.7 Å². The van der Waals surface area contributed by atoms with Crippen LogP contribution in [0, 0.1) is 0 Å². The van der Waals surface area contributed by atoms with E-state index in [-0.39, 0.29) is 36.6 Å². The van der Waals surface area contributed by atoms with Gasteiger partial charge in [0.1, 0.15) is 29.6 Å². The first-order valence-corrected chi connectivity index (χ1v) is 11.3. The van der Waals surface area contributed by atoms with Gasteiger partial charge in [-0.2, -0.15) is 12.6 Å².